The average Bonchev–Trinajstić information content (AvgIpc) is 2.47. The van der Waals surface area contributed by atoms with E-state index in [2.05, 4.69) is 9.71 Å². The number of pyridine rings is 1. The average molecular weight is 299 g/mol. The molecule has 0 saturated carbocycles. The van der Waals surface area contributed by atoms with Crippen LogP contribution < -0.4 is 10.5 Å². The molecule has 0 unspecified atom stereocenters. The van der Waals surface area contributed by atoms with Crippen molar-refractivity contribution >= 4 is 32.3 Å². The number of nitrogens with zero attached hydrogens (tertiary/aromatic N) is 1. The molecule has 0 fully saturated rings. The smallest absolute Gasteiger partial charge is 0.263 e. The summed E-state index contributed by atoms with van der Waals surface area (Å²) in [6.07, 6.45) is 1.66. The summed E-state index contributed by atoms with van der Waals surface area (Å²) in [6, 6.07) is 15.2. The van der Waals surface area contributed by atoms with Crippen molar-refractivity contribution in [2.45, 2.75) is 4.90 Å². The van der Waals surface area contributed by atoms with Gasteiger partial charge in [-0.05, 0) is 36.4 Å². The molecule has 3 N–H and O–H groups in total. The van der Waals surface area contributed by atoms with Gasteiger partial charge in [0, 0.05) is 11.6 Å². The maximum atomic E-state index is 12.5. The molecule has 3 aromatic rings. The summed E-state index contributed by atoms with van der Waals surface area (Å²) in [4.78, 5) is 4.26. The maximum Gasteiger partial charge on any atom is 0.263 e. The SMILES string of the molecule is Nc1ccccc1S(=O)(=O)Nc1cccc2ncccc12. The molecule has 106 valence electrons. The fourth-order valence-corrected chi connectivity index (χ4v) is 3.33. The van der Waals surface area contributed by atoms with Gasteiger partial charge in [0.1, 0.15) is 4.90 Å². The van der Waals surface area contributed by atoms with E-state index in [1.54, 1.807) is 42.6 Å². The number of aromatic nitrogens is 1. The first-order chi connectivity index (χ1) is 10.1. The predicted octanol–water partition coefficient (Wildman–Crippen LogP) is 2.62. The van der Waals surface area contributed by atoms with Crippen molar-refractivity contribution in [1.82, 2.24) is 4.98 Å². The van der Waals surface area contributed by atoms with Crippen molar-refractivity contribution in [2.75, 3.05) is 10.5 Å². The van der Waals surface area contributed by atoms with Crippen molar-refractivity contribution in [3.63, 3.8) is 0 Å². The van der Waals surface area contributed by atoms with Gasteiger partial charge in [-0.25, -0.2) is 8.42 Å². The summed E-state index contributed by atoms with van der Waals surface area (Å²) < 4.78 is 27.5. The summed E-state index contributed by atoms with van der Waals surface area (Å²) in [5.41, 5.74) is 7.15. The Hall–Kier alpha value is -2.60. The van der Waals surface area contributed by atoms with Gasteiger partial charge in [0.25, 0.3) is 10.0 Å². The third kappa shape index (κ3) is 2.53. The molecule has 1 heterocycles. The van der Waals surface area contributed by atoms with Crippen LogP contribution in [0, 0.1) is 0 Å². The van der Waals surface area contributed by atoms with E-state index in [0.29, 0.717) is 5.69 Å². The molecule has 0 aliphatic carbocycles. The van der Waals surface area contributed by atoms with Gasteiger partial charge in [0.15, 0.2) is 0 Å². The minimum Gasteiger partial charge on any atom is -0.398 e. The van der Waals surface area contributed by atoms with Crippen LogP contribution in [0.2, 0.25) is 0 Å². The summed E-state index contributed by atoms with van der Waals surface area (Å²) in [6.45, 7) is 0. The summed E-state index contributed by atoms with van der Waals surface area (Å²) in [5, 5.41) is 0.734. The van der Waals surface area contributed by atoms with Gasteiger partial charge < -0.3 is 5.73 Å². The summed E-state index contributed by atoms with van der Waals surface area (Å²) in [5.74, 6) is 0. The minimum atomic E-state index is -3.74. The van der Waals surface area contributed by atoms with Gasteiger partial charge in [-0.2, -0.15) is 0 Å². The van der Waals surface area contributed by atoms with Crippen molar-refractivity contribution in [3.05, 3.63) is 60.8 Å². The van der Waals surface area contributed by atoms with E-state index < -0.39 is 10.0 Å². The number of para-hydroxylation sites is 1. The maximum absolute atomic E-state index is 12.5. The molecule has 5 nitrogen and oxygen atoms in total. The van der Waals surface area contributed by atoms with Crippen LogP contribution in [-0.4, -0.2) is 13.4 Å². The molecule has 0 bridgehead atoms. The van der Waals surface area contributed by atoms with Gasteiger partial charge in [-0.3, -0.25) is 9.71 Å². The zero-order chi connectivity index (χ0) is 14.9. The highest BCUT2D eigenvalue weighted by Crippen LogP contribution is 2.26. The lowest BCUT2D eigenvalue weighted by Gasteiger charge is -2.11. The molecule has 0 saturated heterocycles. The van der Waals surface area contributed by atoms with E-state index in [1.807, 2.05) is 12.1 Å². The molecule has 21 heavy (non-hydrogen) atoms. The van der Waals surface area contributed by atoms with Crippen molar-refractivity contribution < 1.29 is 8.42 Å². The Balaban J connectivity index is 2.08. The van der Waals surface area contributed by atoms with E-state index in [1.165, 1.54) is 6.07 Å². The first kappa shape index (κ1) is 13.4. The zero-order valence-corrected chi connectivity index (χ0v) is 11.8. The highest BCUT2D eigenvalue weighted by Gasteiger charge is 2.17. The largest absolute Gasteiger partial charge is 0.398 e. The Morgan fingerprint density at radius 3 is 2.57 bits per heavy atom. The first-order valence-corrected chi connectivity index (χ1v) is 7.77. The Morgan fingerprint density at radius 1 is 0.952 bits per heavy atom. The fourth-order valence-electron chi connectivity index (χ4n) is 2.12. The predicted molar refractivity (Wildman–Crippen MR) is 83.4 cm³/mol. The lowest BCUT2D eigenvalue weighted by atomic mass is 10.2. The number of anilines is 2. The normalized spacial score (nSPS) is 11.4. The third-order valence-electron chi connectivity index (χ3n) is 3.10. The second-order valence-electron chi connectivity index (χ2n) is 4.52. The molecule has 1 aromatic heterocycles. The van der Waals surface area contributed by atoms with Crippen molar-refractivity contribution in [3.8, 4) is 0 Å². The lowest BCUT2D eigenvalue weighted by molar-refractivity contribution is 0.601. The topological polar surface area (TPSA) is 85.1 Å². The van der Waals surface area contributed by atoms with Crippen molar-refractivity contribution in [1.29, 1.82) is 0 Å². The summed E-state index contributed by atoms with van der Waals surface area (Å²) in [7, 11) is -3.74. The van der Waals surface area contributed by atoms with Crippen LogP contribution in [-0.2, 0) is 10.0 Å². The van der Waals surface area contributed by atoms with Gasteiger partial charge >= 0.3 is 0 Å². The quantitative estimate of drug-likeness (QED) is 0.728. The van der Waals surface area contributed by atoms with Gasteiger partial charge in [0.05, 0.1) is 16.9 Å². The molecule has 2 aromatic carbocycles. The second-order valence-corrected chi connectivity index (χ2v) is 6.17. The van der Waals surface area contributed by atoms with Crippen LogP contribution in [0.3, 0.4) is 0 Å². The molecule has 0 amide bonds. The molecule has 3 rings (SSSR count). The van der Waals surface area contributed by atoms with E-state index >= 15 is 0 Å². The molecule has 0 aliphatic heterocycles. The van der Waals surface area contributed by atoms with Crippen LogP contribution in [0.1, 0.15) is 0 Å². The summed E-state index contributed by atoms with van der Waals surface area (Å²) >= 11 is 0. The molecular formula is C15H13N3O2S. The number of benzene rings is 2. The van der Waals surface area contributed by atoms with Gasteiger partial charge in [-0.1, -0.05) is 18.2 Å². The van der Waals surface area contributed by atoms with Gasteiger partial charge in [-0.15, -0.1) is 0 Å². The third-order valence-corrected chi connectivity index (χ3v) is 4.54. The Bertz CT molecular complexity index is 902. The molecule has 0 spiro atoms. The minimum absolute atomic E-state index is 0.0610. The molecule has 0 aliphatic rings. The van der Waals surface area contributed by atoms with E-state index in [-0.39, 0.29) is 10.6 Å². The first-order valence-electron chi connectivity index (χ1n) is 6.29. The molecular weight excluding hydrogens is 286 g/mol. The number of sulfonamides is 1. The molecule has 0 radical (unpaired) electrons. The van der Waals surface area contributed by atoms with Crippen LogP contribution >= 0.6 is 0 Å². The van der Waals surface area contributed by atoms with Crippen LogP contribution in [0.25, 0.3) is 10.9 Å². The molecule has 0 atom stereocenters. The fraction of sp³-hybridized carbons (Fsp3) is 0. The molecule has 6 heteroatoms. The second kappa shape index (κ2) is 5.06. The van der Waals surface area contributed by atoms with E-state index in [4.69, 9.17) is 5.73 Å². The van der Waals surface area contributed by atoms with Crippen LogP contribution in [0.4, 0.5) is 11.4 Å². The van der Waals surface area contributed by atoms with Crippen LogP contribution in [0.15, 0.2) is 65.7 Å². The van der Waals surface area contributed by atoms with Crippen LogP contribution in [0.5, 0.6) is 0 Å². The number of nitrogen functional groups attached to an aromatic ring is 1. The van der Waals surface area contributed by atoms with E-state index in [9.17, 15) is 8.42 Å². The van der Waals surface area contributed by atoms with E-state index in [0.717, 1.165) is 10.9 Å². The zero-order valence-electron chi connectivity index (χ0n) is 11.0. The lowest BCUT2D eigenvalue weighted by Crippen LogP contribution is -2.14. The standard InChI is InChI=1S/C15H13N3O2S/c16-12-6-1-2-9-15(12)21(19,20)18-14-8-3-7-13-11(14)5-4-10-17-13/h1-10,18H,16H2. The number of rotatable bonds is 3. The number of nitrogens with two attached hydrogens (primary N) is 1. The number of hydrogen-bond acceptors (Lipinski definition) is 4. The Labute approximate surface area is 122 Å². The number of hydrogen-bond donors (Lipinski definition) is 2. The number of fused-ring (bicyclic) bond motifs is 1. The Kier molecular flexibility index (Phi) is 3.23. The number of nitrogens with one attached hydrogen (secondary N) is 1. The van der Waals surface area contributed by atoms with Crippen molar-refractivity contribution in [2.24, 2.45) is 0 Å². The monoisotopic (exact) mass is 299 g/mol. The highest BCUT2D eigenvalue weighted by molar-refractivity contribution is 7.93. The Morgan fingerprint density at radius 2 is 1.76 bits per heavy atom. The van der Waals surface area contributed by atoms with Gasteiger partial charge in [0.2, 0.25) is 0 Å². The highest BCUT2D eigenvalue weighted by atomic mass is 32.2.